The molecule has 1 aliphatic carbocycles. The first-order valence-corrected chi connectivity index (χ1v) is 9.65. The number of benzene rings is 2. The number of ether oxygens (including phenoxy) is 1. The van der Waals surface area contributed by atoms with Crippen molar-refractivity contribution in [1.82, 2.24) is 0 Å². The van der Waals surface area contributed by atoms with Crippen LogP contribution in [0.1, 0.15) is 56.1 Å². The summed E-state index contributed by atoms with van der Waals surface area (Å²) in [6, 6.07) is 15.6. The average Bonchev–Trinajstić information content (AvgIpc) is 2.68. The zero-order valence-electron chi connectivity index (χ0n) is 15.6. The fraction of sp³-hybridized carbons (Fsp3) is 0.417. The fourth-order valence-electron chi connectivity index (χ4n) is 4.08. The van der Waals surface area contributed by atoms with E-state index >= 15 is 0 Å². The summed E-state index contributed by atoms with van der Waals surface area (Å²) in [6.45, 7) is 6.23. The maximum atomic E-state index is 5.29. The van der Waals surface area contributed by atoms with Gasteiger partial charge in [0.05, 0.1) is 7.11 Å². The Morgan fingerprint density at radius 2 is 1.76 bits per heavy atom. The largest absolute Gasteiger partial charge is 0.497 e. The van der Waals surface area contributed by atoms with Crippen molar-refractivity contribution in [2.75, 3.05) is 7.11 Å². The first-order chi connectivity index (χ1) is 12.2. The molecule has 0 heterocycles. The van der Waals surface area contributed by atoms with E-state index in [4.69, 9.17) is 4.74 Å². The van der Waals surface area contributed by atoms with Gasteiger partial charge >= 0.3 is 0 Å². The van der Waals surface area contributed by atoms with Crippen LogP contribution in [0.2, 0.25) is 0 Å². The van der Waals surface area contributed by atoms with Crippen LogP contribution in [0.25, 0.3) is 11.1 Å². The summed E-state index contributed by atoms with van der Waals surface area (Å²) in [5.41, 5.74) is 5.67. The Balaban J connectivity index is 1.86. The Labute approximate surface area is 152 Å². The lowest BCUT2D eigenvalue weighted by atomic mass is 9.78. The van der Waals surface area contributed by atoms with Gasteiger partial charge in [0.2, 0.25) is 0 Å². The van der Waals surface area contributed by atoms with E-state index in [1.54, 1.807) is 7.11 Å². The van der Waals surface area contributed by atoms with Crippen molar-refractivity contribution in [3.8, 4) is 16.9 Å². The molecule has 0 amide bonds. The number of methoxy groups -OCH3 is 1. The third-order valence-electron chi connectivity index (χ3n) is 5.63. The van der Waals surface area contributed by atoms with Crippen LogP contribution in [0.5, 0.6) is 5.75 Å². The Hall–Kier alpha value is -2.02. The molecule has 0 unspecified atom stereocenters. The Bertz CT molecular complexity index is 691. The highest BCUT2D eigenvalue weighted by molar-refractivity contribution is 5.68. The summed E-state index contributed by atoms with van der Waals surface area (Å²) in [7, 11) is 1.72. The number of rotatable bonds is 6. The van der Waals surface area contributed by atoms with Gasteiger partial charge in [-0.3, -0.25) is 0 Å². The highest BCUT2D eigenvalue weighted by Gasteiger charge is 2.21. The molecule has 0 saturated heterocycles. The van der Waals surface area contributed by atoms with Crippen LogP contribution in [0.4, 0.5) is 0 Å². The van der Waals surface area contributed by atoms with Crippen molar-refractivity contribution >= 4 is 0 Å². The molecule has 1 heteroatoms. The second-order valence-corrected chi connectivity index (χ2v) is 7.24. The van der Waals surface area contributed by atoms with E-state index in [1.165, 1.54) is 54.4 Å². The van der Waals surface area contributed by atoms with Crippen LogP contribution >= 0.6 is 0 Å². The minimum Gasteiger partial charge on any atom is -0.497 e. The van der Waals surface area contributed by atoms with Crippen LogP contribution in [0, 0.1) is 5.92 Å². The summed E-state index contributed by atoms with van der Waals surface area (Å²) >= 11 is 0. The van der Waals surface area contributed by atoms with Gasteiger partial charge in [-0.05, 0) is 78.3 Å². The molecule has 1 nitrogen and oxygen atoms in total. The number of hydrogen-bond donors (Lipinski definition) is 0. The first kappa shape index (κ1) is 17.8. The normalized spacial score (nSPS) is 20.2. The van der Waals surface area contributed by atoms with Crippen LogP contribution in [-0.2, 0) is 6.42 Å². The van der Waals surface area contributed by atoms with Gasteiger partial charge in [0.1, 0.15) is 5.75 Å². The Morgan fingerprint density at radius 1 is 1.04 bits per heavy atom. The standard InChI is InChI=1S/C24H30O/c1-4-6-22-17-21(19-9-7-18(5-2)8-10-19)13-16-24(22)20-11-14-23(25-3)15-12-20/h5,11-19H,2,4,6-10H2,1,3H3/t18-,19-. The van der Waals surface area contributed by atoms with Crippen molar-refractivity contribution in [2.45, 2.75) is 51.4 Å². The fourth-order valence-corrected chi connectivity index (χ4v) is 4.08. The summed E-state index contributed by atoms with van der Waals surface area (Å²) in [6.07, 6.45) is 9.63. The molecule has 1 fully saturated rings. The molecule has 1 aliphatic rings. The predicted molar refractivity (Wildman–Crippen MR) is 107 cm³/mol. The maximum absolute atomic E-state index is 5.29. The minimum atomic E-state index is 0.719. The van der Waals surface area contributed by atoms with Crippen molar-refractivity contribution in [3.05, 3.63) is 66.2 Å². The average molecular weight is 335 g/mol. The van der Waals surface area contributed by atoms with Gasteiger partial charge in [-0.2, -0.15) is 0 Å². The molecule has 0 N–H and O–H groups in total. The molecule has 3 rings (SSSR count). The summed E-state index contributed by atoms with van der Waals surface area (Å²) in [4.78, 5) is 0. The van der Waals surface area contributed by atoms with Gasteiger partial charge in [-0.1, -0.05) is 49.8 Å². The molecule has 0 bridgehead atoms. The van der Waals surface area contributed by atoms with E-state index in [2.05, 4.69) is 62.0 Å². The summed E-state index contributed by atoms with van der Waals surface area (Å²) in [5, 5.41) is 0. The van der Waals surface area contributed by atoms with E-state index in [0.717, 1.165) is 24.0 Å². The molecule has 0 aliphatic heterocycles. The monoisotopic (exact) mass is 334 g/mol. The molecule has 2 aromatic carbocycles. The highest BCUT2D eigenvalue weighted by Crippen LogP contribution is 2.38. The van der Waals surface area contributed by atoms with Crippen molar-refractivity contribution in [2.24, 2.45) is 5.92 Å². The Kier molecular flexibility index (Phi) is 5.96. The van der Waals surface area contributed by atoms with Gasteiger partial charge in [-0.15, -0.1) is 6.58 Å². The lowest BCUT2D eigenvalue weighted by Crippen LogP contribution is -2.11. The van der Waals surface area contributed by atoms with Gasteiger partial charge in [0, 0.05) is 0 Å². The molecule has 132 valence electrons. The zero-order chi connectivity index (χ0) is 17.6. The lowest BCUT2D eigenvalue weighted by molar-refractivity contribution is 0.376. The molecule has 1 saturated carbocycles. The third-order valence-corrected chi connectivity index (χ3v) is 5.63. The van der Waals surface area contributed by atoms with E-state index in [9.17, 15) is 0 Å². The van der Waals surface area contributed by atoms with Crippen LogP contribution < -0.4 is 4.74 Å². The van der Waals surface area contributed by atoms with Gasteiger partial charge in [0.15, 0.2) is 0 Å². The highest BCUT2D eigenvalue weighted by atomic mass is 16.5. The zero-order valence-corrected chi connectivity index (χ0v) is 15.6. The number of allylic oxidation sites excluding steroid dienone is 1. The van der Waals surface area contributed by atoms with Crippen LogP contribution in [0.15, 0.2) is 55.1 Å². The topological polar surface area (TPSA) is 9.23 Å². The lowest BCUT2D eigenvalue weighted by Gasteiger charge is -2.27. The van der Waals surface area contributed by atoms with Gasteiger partial charge in [0.25, 0.3) is 0 Å². The van der Waals surface area contributed by atoms with Gasteiger partial charge in [-0.25, -0.2) is 0 Å². The van der Waals surface area contributed by atoms with Crippen LogP contribution in [-0.4, -0.2) is 7.11 Å². The van der Waals surface area contributed by atoms with Crippen molar-refractivity contribution in [3.63, 3.8) is 0 Å². The molecule has 0 atom stereocenters. The van der Waals surface area contributed by atoms with E-state index in [1.807, 2.05) is 0 Å². The molecule has 2 aromatic rings. The van der Waals surface area contributed by atoms with E-state index in [0.29, 0.717) is 0 Å². The summed E-state index contributed by atoms with van der Waals surface area (Å²) < 4.78 is 5.29. The quantitative estimate of drug-likeness (QED) is 0.529. The Morgan fingerprint density at radius 3 is 2.36 bits per heavy atom. The molecular formula is C24H30O. The van der Waals surface area contributed by atoms with Crippen molar-refractivity contribution < 1.29 is 4.74 Å². The minimum absolute atomic E-state index is 0.719. The molecule has 0 radical (unpaired) electrons. The molecule has 25 heavy (non-hydrogen) atoms. The SMILES string of the molecule is C=C[C@H]1CC[C@H](c2ccc(-c3ccc(OC)cc3)c(CCC)c2)CC1. The smallest absolute Gasteiger partial charge is 0.118 e. The number of aryl methyl sites for hydroxylation is 1. The third kappa shape index (κ3) is 4.15. The summed E-state index contributed by atoms with van der Waals surface area (Å²) in [5.74, 6) is 2.36. The maximum Gasteiger partial charge on any atom is 0.118 e. The second kappa shape index (κ2) is 8.38. The van der Waals surface area contributed by atoms with E-state index in [-0.39, 0.29) is 0 Å². The second-order valence-electron chi connectivity index (χ2n) is 7.24. The predicted octanol–water partition coefficient (Wildman–Crippen LogP) is 6.77. The van der Waals surface area contributed by atoms with Gasteiger partial charge < -0.3 is 4.74 Å². The molecule has 0 spiro atoms. The molecular weight excluding hydrogens is 304 g/mol. The number of hydrogen-bond acceptors (Lipinski definition) is 1. The van der Waals surface area contributed by atoms with Crippen molar-refractivity contribution in [1.29, 1.82) is 0 Å². The first-order valence-electron chi connectivity index (χ1n) is 9.65. The van der Waals surface area contributed by atoms with E-state index < -0.39 is 0 Å². The van der Waals surface area contributed by atoms with Crippen LogP contribution in [0.3, 0.4) is 0 Å². The molecule has 0 aromatic heterocycles.